The van der Waals surface area contributed by atoms with Gasteiger partial charge < -0.3 is 10.2 Å². The summed E-state index contributed by atoms with van der Waals surface area (Å²) >= 11 is 0. The van der Waals surface area contributed by atoms with E-state index < -0.39 is 43.3 Å². The summed E-state index contributed by atoms with van der Waals surface area (Å²) in [5.41, 5.74) is 2.17. The third-order valence-corrected chi connectivity index (χ3v) is 5.44. The fourth-order valence-corrected chi connectivity index (χ4v) is 3.82. The largest absolute Gasteiger partial charge is 0.343 e. The maximum atomic E-state index is 13.5. The van der Waals surface area contributed by atoms with Crippen LogP contribution in [0.15, 0.2) is 30.5 Å². The highest BCUT2D eigenvalue weighted by Crippen LogP contribution is 2.31. The monoisotopic (exact) mass is 414 g/mol. The maximum absolute atomic E-state index is 13.5. The molecule has 1 fully saturated rings. The van der Waals surface area contributed by atoms with Crippen LogP contribution in [0.3, 0.4) is 0 Å². The second-order valence-corrected chi connectivity index (χ2v) is 7.73. The Hall–Kier alpha value is -3.08. The third-order valence-electron chi connectivity index (χ3n) is 5.44. The fourth-order valence-electron chi connectivity index (χ4n) is 3.82. The van der Waals surface area contributed by atoms with Gasteiger partial charge in [0.25, 0.3) is 11.8 Å². The summed E-state index contributed by atoms with van der Waals surface area (Å²) in [5, 5.41) is 12.2. The second kappa shape index (κ2) is 8.74. The van der Waals surface area contributed by atoms with Gasteiger partial charge in [-0.1, -0.05) is 32.4 Å². The number of likely N-dealkylation sites (tertiary alicyclic amines) is 1. The van der Waals surface area contributed by atoms with Gasteiger partial charge in [-0.3, -0.25) is 14.6 Å². The summed E-state index contributed by atoms with van der Waals surface area (Å²) in [4.78, 5) is 30.1. The van der Waals surface area contributed by atoms with Crippen LogP contribution in [0.2, 0.25) is 0 Å². The van der Waals surface area contributed by atoms with Crippen molar-refractivity contribution >= 4 is 22.7 Å². The standard InChI is InChI=1S/C22H24F2N4O2/c1-3-4-14(2)15-5-6-17-18(7-8-26-19(17)9-15)21(30)27-12-20(29)28-13-22(23,24)10-16(28)11-25/h5-9,14,16H,3-4,10,12-13H2,1-2H3,(H,27,30)/t14?,16-/m0/s1. The first kappa shape index (κ1) is 21.6. The van der Waals surface area contributed by atoms with Crippen molar-refractivity contribution in [2.45, 2.75) is 51.0 Å². The molecule has 8 heteroatoms. The summed E-state index contributed by atoms with van der Waals surface area (Å²) < 4.78 is 27.1. The molecule has 2 aromatic rings. The molecule has 1 N–H and O–H groups in total. The average Bonchev–Trinajstić information content (AvgIpc) is 3.05. The number of nitrogens with zero attached hydrogens (tertiary/aromatic N) is 3. The molecule has 158 valence electrons. The van der Waals surface area contributed by atoms with Crippen molar-refractivity contribution in [3.05, 3.63) is 41.6 Å². The summed E-state index contributed by atoms with van der Waals surface area (Å²) in [5.74, 6) is -3.91. The zero-order valence-corrected chi connectivity index (χ0v) is 17.0. The Morgan fingerprint density at radius 1 is 1.40 bits per heavy atom. The highest BCUT2D eigenvalue weighted by Gasteiger charge is 2.47. The third kappa shape index (κ3) is 4.56. The molecule has 2 amide bonds. The zero-order chi connectivity index (χ0) is 21.9. The van der Waals surface area contributed by atoms with Gasteiger partial charge in [0, 0.05) is 18.0 Å². The van der Waals surface area contributed by atoms with Gasteiger partial charge in [-0.2, -0.15) is 5.26 Å². The predicted molar refractivity (Wildman–Crippen MR) is 108 cm³/mol. The molecule has 1 aliphatic rings. The molecule has 0 spiro atoms. The van der Waals surface area contributed by atoms with Crippen LogP contribution in [0.4, 0.5) is 8.78 Å². The molecule has 1 saturated heterocycles. The molecule has 0 saturated carbocycles. The molecule has 1 unspecified atom stereocenters. The summed E-state index contributed by atoms with van der Waals surface area (Å²) in [6, 6.07) is 7.86. The van der Waals surface area contributed by atoms with Gasteiger partial charge in [-0.25, -0.2) is 8.78 Å². The topological polar surface area (TPSA) is 86.1 Å². The van der Waals surface area contributed by atoms with E-state index in [0.717, 1.165) is 23.3 Å². The number of fused-ring (bicyclic) bond motifs is 1. The van der Waals surface area contributed by atoms with Gasteiger partial charge in [0.05, 0.1) is 30.2 Å². The number of nitriles is 1. The number of halogens is 2. The van der Waals surface area contributed by atoms with Crippen LogP contribution in [0, 0.1) is 11.3 Å². The van der Waals surface area contributed by atoms with E-state index in [9.17, 15) is 18.4 Å². The van der Waals surface area contributed by atoms with E-state index in [0.29, 0.717) is 22.4 Å². The minimum Gasteiger partial charge on any atom is -0.343 e. The molecule has 6 nitrogen and oxygen atoms in total. The predicted octanol–water partition coefficient (Wildman–Crippen LogP) is 3.63. The number of aromatic nitrogens is 1. The Balaban J connectivity index is 1.72. The first-order valence-electron chi connectivity index (χ1n) is 9.99. The Bertz CT molecular complexity index is 1000. The molecule has 2 heterocycles. The molecule has 3 rings (SSSR count). The first-order valence-corrected chi connectivity index (χ1v) is 9.99. The van der Waals surface area contributed by atoms with Crippen LogP contribution in [0.5, 0.6) is 0 Å². The van der Waals surface area contributed by atoms with E-state index in [2.05, 4.69) is 24.1 Å². The van der Waals surface area contributed by atoms with Crippen LogP contribution in [0.1, 0.15) is 54.9 Å². The first-order chi connectivity index (χ1) is 14.3. The van der Waals surface area contributed by atoms with E-state index in [1.165, 1.54) is 6.20 Å². The van der Waals surface area contributed by atoms with Crippen LogP contribution < -0.4 is 5.32 Å². The van der Waals surface area contributed by atoms with Gasteiger partial charge in [-0.15, -0.1) is 0 Å². The number of rotatable bonds is 6. The van der Waals surface area contributed by atoms with Crippen LogP contribution in [-0.4, -0.2) is 46.8 Å². The molecule has 0 aliphatic carbocycles. The molecule has 1 aromatic heterocycles. The zero-order valence-electron chi connectivity index (χ0n) is 17.0. The number of hydrogen-bond acceptors (Lipinski definition) is 4. The van der Waals surface area contributed by atoms with Crippen molar-refractivity contribution in [2.75, 3.05) is 13.1 Å². The molecular formula is C22H24F2N4O2. The summed E-state index contributed by atoms with van der Waals surface area (Å²) in [6.45, 7) is 3.00. The minimum atomic E-state index is -3.09. The van der Waals surface area contributed by atoms with Gasteiger partial charge in [-0.05, 0) is 30.0 Å². The van der Waals surface area contributed by atoms with Gasteiger partial charge in [0.1, 0.15) is 6.04 Å². The number of carbonyl (C=O) groups is 2. The van der Waals surface area contributed by atoms with Gasteiger partial charge >= 0.3 is 0 Å². The SMILES string of the molecule is CCCC(C)c1ccc2c(C(=O)NCC(=O)N3CC(F)(F)C[C@H]3C#N)ccnc2c1. The van der Waals surface area contributed by atoms with Crippen molar-refractivity contribution in [1.82, 2.24) is 15.2 Å². The minimum absolute atomic E-state index is 0.353. The Morgan fingerprint density at radius 3 is 2.87 bits per heavy atom. The van der Waals surface area contributed by atoms with Crippen LogP contribution >= 0.6 is 0 Å². The van der Waals surface area contributed by atoms with Crippen molar-refractivity contribution < 1.29 is 18.4 Å². The highest BCUT2D eigenvalue weighted by molar-refractivity contribution is 6.07. The van der Waals surface area contributed by atoms with Crippen LogP contribution in [0.25, 0.3) is 10.9 Å². The number of amides is 2. The highest BCUT2D eigenvalue weighted by atomic mass is 19.3. The molecule has 0 bridgehead atoms. The lowest BCUT2D eigenvalue weighted by Gasteiger charge is -2.19. The quantitative estimate of drug-likeness (QED) is 0.782. The molecule has 30 heavy (non-hydrogen) atoms. The Morgan fingerprint density at radius 2 is 2.17 bits per heavy atom. The van der Waals surface area contributed by atoms with E-state index >= 15 is 0 Å². The maximum Gasteiger partial charge on any atom is 0.268 e. The van der Waals surface area contributed by atoms with Crippen molar-refractivity contribution in [2.24, 2.45) is 0 Å². The molecule has 1 aromatic carbocycles. The molecule has 1 aliphatic heterocycles. The Kier molecular flexibility index (Phi) is 6.30. The fraction of sp³-hybridized carbons (Fsp3) is 0.455. The summed E-state index contributed by atoms with van der Waals surface area (Å²) in [6.07, 6.45) is 2.96. The molecule has 0 radical (unpaired) electrons. The van der Waals surface area contributed by atoms with E-state index in [1.54, 1.807) is 12.1 Å². The van der Waals surface area contributed by atoms with E-state index in [1.807, 2.05) is 18.2 Å². The van der Waals surface area contributed by atoms with E-state index in [4.69, 9.17) is 5.26 Å². The Labute approximate surface area is 173 Å². The number of nitrogens with one attached hydrogen (secondary N) is 1. The normalized spacial score (nSPS) is 18.8. The number of hydrogen-bond donors (Lipinski definition) is 1. The van der Waals surface area contributed by atoms with Crippen LogP contribution in [-0.2, 0) is 4.79 Å². The summed E-state index contributed by atoms with van der Waals surface area (Å²) in [7, 11) is 0. The van der Waals surface area contributed by atoms with Crippen molar-refractivity contribution in [3.8, 4) is 6.07 Å². The lowest BCUT2D eigenvalue weighted by Crippen LogP contribution is -2.43. The van der Waals surface area contributed by atoms with Gasteiger partial charge in [0.15, 0.2) is 0 Å². The average molecular weight is 414 g/mol. The number of carbonyl (C=O) groups excluding carboxylic acids is 2. The smallest absolute Gasteiger partial charge is 0.268 e. The number of pyridine rings is 1. The second-order valence-electron chi connectivity index (χ2n) is 7.73. The van der Waals surface area contributed by atoms with Crippen molar-refractivity contribution in [3.63, 3.8) is 0 Å². The van der Waals surface area contributed by atoms with Crippen molar-refractivity contribution in [1.29, 1.82) is 5.26 Å². The van der Waals surface area contributed by atoms with E-state index in [-0.39, 0.29) is 0 Å². The molecular weight excluding hydrogens is 390 g/mol. The number of alkyl halides is 2. The van der Waals surface area contributed by atoms with Gasteiger partial charge in [0.2, 0.25) is 5.91 Å². The lowest BCUT2D eigenvalue weighted by atomic mass is 9.94. The lowest BCUT2D eigenvalue weighted by molar-refractivity contribution is -0.131. The number of benzene rings is 1. The molecule has 2 atom stereocenters.